The lowest BCUT2D eigenvalue weighted by molar-refractivity contribution is 0.117. The van der Waals surface area contributed by atoms with E-state index in [1.54, 1.807) is 7.11 Å². The van der Waals surface area contributed by atoms with E-state index in [4.69, 9.17) is 9.47 Å². The maximum absolute atomic E-state index is 5.92. The molecule has 15 heavy (non-hydrogen) atoms. The molecule has 82 valence electrons. The molecule has 3 nitrogen and oxygen atoms in total. The van der Waals surface area contributed by atoms with Gasteiger partial charge in [0.25, 0.3) is 0 Å². The average molecular weight is 207 g/mol. The van der Waals surface area contributed by atoms with Gasteiger partial charge in [0.05, 0.1) is 7.11 Å². The van der Waals surface area contributed by atoms with Gasteiger partial charge in [0.1, 0.15) is 17.1 Å². The summed E-state index contributed by atoms with van der Waals surface area (Å²) in [6, 6.07) is 5.97. The van der Waals surface area contributed by atoms with E-state index in [0.717, 1.165) is 24.5 Å². The van der Waals surface area contributed by atoms with Crippen molar-refractivity contribution >= 4 is 0 Å². The van der Waals surface area contributed by atoms with Crippen LogP contribution in [0, 0.1) is 0 Å². The molecular formula is C12H17NO2. The topological polar surface area (TPSA) is 30.5 Å². The van der Waals surface area contributed by atoms with Gasteiger partial charge in [-0.2, -0.15) is 0 Å². The van der Waals surface area contributed by atoms with Gasteiger partial charge in [0, 0.05) is 18.5 Å². The highest BCUT2D eigenvalue weighted by atomic mass is 16.5. The first-order valence-corrected chi connectivity index (χ1v) is 5.17. The Bertz CT molecular complexity index is 365. The zero-order valence-electron chi connectivity index (χ0n) is 9.46. The SMILES string of the molecule is CNCC1(C)Cc2cc(OC)ccc2O1. The summed E-state index contributed by atoms with van der Waals surface area (Å²) in [5, 5.41) is 3.16. The molecule has 0 saturated heterocycles. The molecule has 0 aliphatic carbocycles. The van der Waals surface area contributed by atoms with Gasteiger partial charge in [-0.15, -0.1) is 0 Å². The minimum atomic E-state index is -0.122. The van der Waals surface area contributed by atoms with Crippen molar-refractivity contribution in [1.29, 1.82) is 0 Å². The van der Waals surface area contributed by atoms with Crippen LogP contribution in [0.15, 0.2) is 18.2 Å². The fraction of sp³-hybridized carbons (Fsp3) is 0.500. The molecule has 1 aromatic rings. The fourth-order valence-electron chi connectivity index (χ4n) is 2.10. The van der Waals surface area contributed by atoms with Crippen LogP contribution >= 0.6 is 0 Å². The second-order valence-corrected chi connectivity index (χ2v) is 4.23. The number of fused-ring (bicyclic) bond motifs is 1. The highest BCUT2D eigenvalue weighted by Crippen LogP contribution is 2.36. The van der Waals surface area contributed by atoms with E-state index in [-0.39, 0.29) is 5.60 Å². The summed E-state index contributed by atoms with van der Waals surface area (Å²) in [6.45, 7) is 2.97. The molecule has 0 spiro atoms. The lowest BCUT2D eigenvalue weighted by Gasteiger charge is -2.23. The van der Waals surface area contributed by atoms with Gasteiger partial charge in [-0.25, -0.2) is 0 Å². The van der Waals surface area contributed by atoms with Crippen molar-refractivity contribution in [2.75, 3.05) is 20.7 Å². The highest BCUT2D eigenvalue weighted by Gasteiger charge is 2.34. The summed E-state index contributed by atoms with van der Waals surface area (Å²) in [7, 11) is 3.63. The molecule has 1 N–H and O–H groups in total. The summed E-state index contributed by atoms with van der Waals surface area (Å²) in [5.74, 6) is 1.87. The van der Waals surface area contributed by atoms with Crippen LogP contribution in [0.1, 0.15) is 12.5 Å². The summed E-state index contributed by atoms with van der Waals surface area (Å²) < 4.78 is 11.1. The summed E-state index contributed by atoms with van der Waals surface area (Å²) >= 11 is 0. The summed E-state index contributed by atoms with van der Waals surface area (Å²) in [4.78, 5) is 0. The third kappa shape index (κ3) is 1.92. The lowest BCUT2D eigenvalue weighted by Crippen LogP contribution is -2.40. The number of nitrogens with one attached hydrogen (secondary N) is 1. The Balaban J connectivity index is 2.23. The third-order valence-corrected chi connectivity index (χ3v) is 2.74. The van der Waals surface area contributed by atoms with Crippen LogP contribution in [-0.2, 0) is 6.42 Å². The van der Waals surface area contributed by atoms with Crippen molar-refractivity contribution in [3.63, 3.8) is 0 Å². The number of hydrogen-bond donors (Lipinski definition) is 1. The van der Waals surface area contributed by atoms with Gasteiger partial charge in [0.2, 0.25) is 0 Å². The molecular weight excluding hydrogens is 190 g/mol. The van der Waals surface area contributed by atoms with Crippen LogP contribution in [0.2, 0.25) is 0 Å². The normalized spacial score (nSPS) is 23.4. The summed E-state index contributed by atoms with van der Waals surface area (Å²) in [5.41, 5.74) is 1.11. The van der Waals surface area contributed by atoms with E-state index in [1.807, 2.05) is 19.2 Å². The Hall–Kier alpha value is -1.22. The molecule has 1 atom stereocenters. The predicted molar refractivity (Wildman–Crippen MR) is 59.7 cm³/mol. The minimum Gasteiger partial charge on any atom is -0.497 e. The van der Waals surface area contributed by atoms with Crippen molar-refractivity contribution < 1.29 is 9.47 Å². The van der Waals surface area contributed by atoms with E-state index in [0.29, 0.717) is 0 Å². The van der Waals surface area contributed by atoms with E-state index < -0.39 is 0 Å². The minimum absolute atomic E-state index is 0.122. The number of hydrogen-bond acceptors (Lipinski definition) is 3. The number of benzene rings is 1. The first-order chi connectivity index (χ1) is 7.17. The maximum atomic E-state index is 5.92. The van der Waals surface area contributed by atoms with Crippen molar-refractivity contribution in [1.82, 2.24) is 5.32 Å². The van der Waals surface area contributed by atoms with Gasteiger partial charge >= 0.3 is 0 Å². The van der Waals surface area contributed by atoms with E-state index in [9.17, 15) is 0 Å². The number of rotatable bonds is 3. The van der Waals surface area contributed by atoms with Gasteiger partial charge < -0.3 is 14.8 Å². The first-order valence-electron chi connectivity index (χ1n) is 5.17. The van der Waals surface area contributed by atoms with Crippen LogP contribution in [0.5, 0.6) is 11.5 Å². The fourth-order valence-corrected chi connectivity index (χ4v) is 2.10. The van der Waals surface area contributed by atoms with Gasteiger partial charge in [-0.05, 0) is 32.2 Å². The molecule has 0 amide bonds. The monoisotopic (exact) mass is 207 g/mol. The third-order valence-electron chi connectivity index (χ3n) is 2.74. The number of ether oxygens (including phenoxy) is 2. The quantitative estimate of drug-likeness (QED) is 0.816. The van der Waals surface area contributed by atoms with Crippen LogP contribution in [0.4, 0.5) is 0 Å². The molecule has 1 aromatic carbocycles. The molecule has 0 saturated carbocycles. The van der Waals surface area contributed by atoms with Crippen LogP contribution in [0.3, 0.4) is 0 Å². The molecule has 0 radical (unpaired) electrons. The van der Waals surface area contributed by atoms with E-state index in [1.165, 1.54) is 5.56 Å². The maximum Gasteiger partial charge on any atom is 0.123 e. The summed E-state index contributed by atoms with van der Waals surface area (Å²) in [6.07, 6.45) is 0.931. The number of likely N-dealkylation sites (N-methyl/N-ethyl adjacent to an activating group) is 1. The Kier molecular flexibility index (Phi) is 2.57. The van der Waals surface area contributed by atoms with Crippen molar-refractivity contribution in [2.24, 2.45) is 0 Å². The van der Waals surface area contributed by atoms with Crippen LogP contribution in [0.25, 0.3) is 0 Å². The molecule has 0 fully saturated rings. The zero-order valence-corrected chi connectivity index (χ0v) is 9.46. The molecule has 0 aromatic heterocycles. The zero-order chi connectivity index (χ0) is 10.9. The van der Waals surface area contributed by atoms with Crippen molar-refractivity contribution in [3.8, 4) is 11.5 Å². The van der Waals surface area contributed by atoms with Crippen LogP contribution < -0.4 is 14.8 Å². The highest BCUT2D eigenvalue weighted by molar-refractivity contribution is 5.44. The van der Waals surface area contributed by atoms with E-state index in [2.05, 4.69) is 18.3 Å². The second kappa shape index (κ2) is 3.74. The molecule has 2 rings (SSSR count). The standard InChI is InChI=1S/C12H17NO2/c1-12(8-13-2)7-9-6-10(14-3)4-5-11(9)15-12/h4-6,13H,7-8H2,1-3H3. The molecule has 1 aliphatic rings. The van der Waals surface area contributed by atoms with Gasteiger partial charge in [-0.1, -0.05) is 0 Å². The predicted octanol–water partition coefficient (Wildman–Crippen LogP) is 1.61. The first kappa shape index (κ1) is 10.3. The molecule has 0 bridgehead atoms. The van der Waals surface area contributed by atoms with Crippen molar-refractivity contribution in [2.45, 2.75) is 18.9 Å². The van der Waals surface area contributed by atoms with Gasteiger partial charge in [-0.3, -0.25) is 0 Å². The van der Waals surface area contributed by atoms with Gasteiger partial charge in [0.15, 0.2) is 0 Å². The molecule has 1 unspecified atom stereocenters. The molecule has 1 heterocycles. The van der Waals surface area contributed by atoms with Crippen LogP contribution in [-0.4, -0.2) is 26.3 Å². The smallest absolute Gasteiger partial charge is 0.123 e. The Morgan fingerprint density at radius 1 is 1.53 bits per heavy atom. The molecule has 3 heteroatoms. The average Bonchev–Trinajstić information content (AvgIpc) is 2.53. The second-order valence-electron chi connectivity index (χ2n) is 4.23. The Morgan fingerprint density at radius 3 is 3.00 bits per heavy atom. The number of methoxy groups -OCH3 is 1. The van der Waals surface area contributed by atoms with E-state index >= 15 is 0 Å². The largest absolute Gasteiger partial charge is 0.497 e. The van der Waals surface area contributed by atoms with Crippen molar-refractivity contribution in [3.05, 3.63) is 23.8 Å². The molecule has 1 aliphatic heterocycles. The Morgan fingerprint density at radius 2 is 2.33 bits per heavy atom. The lowest BCUT2D eigenvalue weighted by atomic mass is 9.99. The Labute approximate surface area is 90.4 Å².